The van der Waals surface area contributed by atoms with Crippen LogP contribution in [0.25, 0.3) is 0 Å². The van der Waals surface area contributed by atoms with Crippen molar-refractivity contribution in [2.75, 3.05) is 26.3 Å². The average Bonchev–Trinajstić information content (AvgIpc) is 2.81. The largest absolute Gasteiger partial charge is 0.411 e. The maximum atomic E-state index is 11.8. The van der Waals surface area contributed by atoms with E-state index in [1.54, 1.807) is 0 Å². The molecule has 1 aromatic rings. The van der Waals surface area contributed by atoms with E-state index < -0.39 is 23.8 Å². The van der Waals surface area contributed by atoms with Crippen molar-refractivity contribution in [2.24, 2.45) is 0 Å². The molecule has 1 unspecified atom stereocenters. The summed E-state index contributed by atoms with van der Waals surface area (Å²) in [6.45, 7) is -1.17. The van der Waals surface area contributed by atoms with Gasteiger partial charge in [0.2, 0.25) is 0 Å². The minimum absolute atomic E-state index is 0.0320. The molecule has 120 valence electrons. The first-order valence-electron chi connectivity index (χ1n) is 5.98. The van der Waals surface area contributed by atoms with E-state index in [0.717, 1.165) is 6.20 Å². The van der Waals surface area contributed by atoms with Gasteiger partial charge >= 0.3 is 11.9 Å². The Morgan fingerprint density at radius 1 is 1.57 bits per heavy atom. The van der Waals surface area contributed by atoms with Crippen LogP contribution in [0.1, 0.15) is 0 Å². The zero-order valence-corrected chi connectivity index (χ0v) is 10.9. The Hall–Kier alpha value is -1.72. The quantitative estimate of drug-likeness (QED) is 0.387. The lowest BCUT2D eigenvalue weighted by Gasteiger charge is -2.12. The summed E-state index contributed by atoms with van der Waals surface area (Å²) in [5.41, 5.74) is -0.185. The van der Waals surface area contributed by atoms with Gasteiger partial charge < -0.3 is 15.2 Å². The molecule has 0 bridgehead atoms. The van der Waals surface area contributed by atoms with Gasteiger partial charge in [-0.1, -0.05) is 0 Å². The SMILES string of the molecule is O=[N+]([O-])c1cnn(CC(O)CNCCOCC(F)(F)F)c1. The highest BCUT2D eigenvalue weighted by molar-refractivity contribution is 5.20. The summed E-state index contributed by atoms with van der Waals surface area (Å²) in [5.74, 6) is 0. The van der Waals surface area contributed by atoms with E-state index in [1.807, 2.05) is 0 Å². The van der Waals surface area contributed by atoms with Crippen LogP contribution >= 0.6 is 0 Å². The van der Waals surface area contributed by atoms with Gasteiger partial charge in [-0.2, -0.15) is 18.3 Å². The maximum absolute atomic E-state index is 11.8. The van der Waals surface area contributed by atoms with E-state index in [0.29, 0.717) is 0 Å². The Morgan fingerprint density at radius 3 is 2.86 bits per heavy atom. The molecule has 1 aromatic heterocycles. The van der Waals surface area contributed by atoms with Gasteiger partial charge in [-0.3, -0.25) is 14.8 Å². The number of nitrogens with one attached hydrogen (secondary N) is 1. The summed E-state index contributed by atoms with van der Waals surface area (Å²) in [5, 5.41) is 26.5. The predicted octanol–water partition coefficient (Wildman–Crippen LogP) is 0.321. The molecular formula is C10H15F3N4O4. The number of aliphatic hydroxyl groups excluding tert-OH is 1. The number of aromatic nitrogens is 2. The Balaban J connectivity index is 2.13. The summed E-state index contributed by atoms with van der Waals surface area (Å²) in [6, 6.07) is 0. The minimum atomic E-state index is -4.35. The van der Waals surface area contributed by atoms with Gasteiger partial charge in [-0.25, -0.2) is 0 Å². The second-order valence-electron chi connectivity index (χ2n) is 4.20. The summed E-state index contributed by atoms with van der Waals surface area (Å²) < 4.78 is 40.8. The van der Waals surface area contributed by atoms with Crippen molar-refractivity contribution in [1.29, 1.82) is 0 Å². The van der Waals surface area contributed by atoms with Crippen LogP contribution in [0.15, 0.2) is 12.4 Å². The van der Waals surface area contributed by atoms with Crippen molar-refractivity contribution >= 4 is 5.69 Å². The smallest absolute Gasteiger partial charge is 0.390 e. The van der Waals surface area contributed by atoms with Gasteiger partial charge in [-0.15, -0.1) is 0 Å². The lowest BCUT2D eigenvalue weighted by molar-refractivity contribution is -0.385. The van der Waals surface area contributed by atoms with Crippen LogP contribution in [-0.2, 0) is 11.3 Å². The molecule has 0 fully saturated rings. The van der Waals surface area contributed by atoms with Crippen LogP contribution in [-0.4, -0.2) is 58.4 Å². The van der Waals surface area contributed by atoms with Crippen molar-refractivity contribution in [2.45, 2.75) is 18.8 Å². The number of nitrogens with zero attached hydrogens (tertiary/aromatic N) is 3. The number of halogens is 3. The molecular weight excluding hydrogens is 297 g/mol. The number of aliphatic hydroxyl groups is 1. The fourth-order valence-corrected chi connectivity index (χ4v) is 1.43. The molecule has 2 N–H and O–H groups in total. The highest BCUT2D eigenvalue weighted by Crippen LogP contribution is 2.13. The number of nitro groups is 1. The molecule has 0 aliphatic heterocycles. The van der Waals surface area contributed by atoms with E-state index in [4.69, 9.17) is 0 Å². The standard InChI is InChI=1S/C10H15F3N4O4/c11-10(12,13)7-21-2-1-14-4-9(18)6-16-5-8(3-15-16)17(19)20/h3,5,9,14,18H,1-2,4,6-7H2. The first-order chi connectivity index (χ1) is 9.78. The lowest BCUT2D eigenvalue weighted by atomic mass is 10.3. The maximum Gasteiger partial charge on any atom is 0.411 e. The number of alkyl halides is 3. The highest BCUT2D eigenvalue weighted by Gasteiger charge is 2.27. The molecule has 0 saturated carbocycles. The van der Waals surface area contributed by atoms with Gasteiger partial charge in [0, 0.05) is 13.1 Å². The van der Waals surface area contributed by atoms with Crippen molar-refractivity contribution < 1.29 is 27.9 Å². The summed E-state index contributed by atoms with van der Waals surface area (Å²) >= 11 is 0. The number of hydrogen-bond donors (Lipinski definition) is 2. The predicted molar refractivity (Wildman–Crippen MR) is 64.6 cm³/mol. The van der Waals surface area contributed by atoms with Crippen LogP contribution < -0.4 is 5.32 Å². The zero-order valence-electron chi connectivity index (χ0n) is 10.9. The molecule has 1 heterocycles. The molecule has 0 amide bonds. The van der Waals surface area contributed by atoms with E-state index in [-0.39, 0.29) is 31.9 Å². The number of rotatable bonds is 9. The molecule has 11 heteroatoms. The third-order valence-corrected chi connectivity index (χ3v) is 2.30. The molecule has 21 heavy (non-hydrogen) atoms. The first kappa shape index (κ1) is 17.3. The molecule has 0 aliphatic carbocycles. The molecule has 8 nitrogen and oxygen atoms in total. The van der Waals surface area contributed by atoms with Crippen LogP contribution in [0.2, 0.25) is 0 Å². The number of ether oxygens (including phenoxy) is 1. The Bertz CT molecular complexity index is 452. The monoisotopic (exact) mass is 312 g/mol. The molecule has 0 spiro atoms. The van der Waals surface area contributed by atoms with Crippen LogP contribution in [0.3, 0.4) is 0 Å². The van der Waals surface area contributed by atoms with Crippen molar-refractivity contribution in [3.05, 3.63) is 22.5 Å². The van der Waals surface area contributed by atoms with Gasteiger partial charge in [0.05, 0.1) is 24.2 Å². The van der Waals surface area contributed by atoms with Gasteiger partial charge in [0.25, 0.3) is 0 Å². The Labute approximate surface area is 117 Å². The summed E-state index contributed by atoms with van der Waals surface area (Å²) in [4.78, 5) is 9.82. The van der Waals surface area contributed by atoms with Crippen LogP contribution in [0.4, 0.5) is 18.9 Å². The highest BCUT2D eigenvalue weighted by atomic mass is 19.4. The minimum Gasteiger partial charge on any atom is -0.390 e. The Morgan fingerprint density at radius 2 is 2.29 bits per heavy atom. The van der Waals surface area contributed by atoms with E-state index in [1.165, 1.54) is 10.9 Å². The van der Waals surface area contributed by atoms with Gasteiger partial charge in [0.15, 0.2) is 0 Å². The van der Waals surface area contributed by atoms with E-state index in [2.05, 4.69) is 15.2 Å². The molecule has 0 radical (unpaired) electrons. The topological polar surface area (TPSA) is 102 Å². The number of hydrogen-bond acceptors (Lipinski definition) is 6. The second kappa shape index (κ2) is 7.90. The molecule has 0 aromatic carbocycles. The fraction of sp³-hybridized carbons (Fsp3) is 0.700. The van der Waals surface area contributed by atoms with Gasteiger partial charge in [0.1, 0.15) is 19.0 Å². The van der Waals surface area contributed by atoms with E-state index >= 15 is 0 Å². The first-order valence-corrected chi connectivity index (χ1v) is 5.98. The summed E-state index contributed by atoms with van der Waals surface area (Å²) in [7, 11) is 0. The third kappa shape index (κ3) is 7.58. The Kier molecular flexibility index (Phi) is 6.52. The van der Waals surface area contributed by atoms with Crippen LogP contribution in [0, 0.1) is 10.1 Å². The fourth-order valence-electron chi connectivity index (χ4n) is 1.43. The van der Waals surface area contributed by atoms with Gasteiger partial charge in [-0.05, 0) is 0 Å². The van der Waals surface area contributed by atoms with E-state index in [9.17, 15) is 28.4 Å². The zero-order chi connectivity index (χ0) is 15.9. The summed E-state index contributed by atoms with van der Waals surface area (Å²) in [6.07, 6.45) is -3.00. The molecule has 1 atom stereocenters. The van der Waals surface area contributed by atoms with Crippen molar-refractivity contribution in [1.82, 2.24) is 15.1 Å². The molecule has 0 saturated heterocycles. The second-order valence-corrected chi connectivity index (χ2v) is 4.20. The van der Waals surface area contributed by atoms with Crippen LogP contribution in [0.5, 0.6) is 0 Å². The van der Waals surface area contributed by atoms with Crippen molar-refractivity contribution in [3.63, 3.8) is 0 Å². The molecule has 0 aliphatic rings. The normalized spacial score (nSPS) is 13.3. The third-order valence-electron chi connectivity index (χ3n) is 2.30. The lowest BCUT2D eigenvalue weighted by Crippen LogP contribution is -2.33. The molecule has 1 rings (SSSR count). The average molecular weight is 312 g/mol. The van der Waals surface area contributed by atoms with Crippen molar-refractivity contribution in [3.8, 4) is 0 Å².